The van der Waals surface area contributed by atoms with E-state index in [0.29, 0.717) is 16.2 Å². The number of carbonyl (C=O) groups is 1. The Morgan fingerprint density at radius 1 is 1.44 bits per heavy atom. The summed E-state index contributed by atoms with van der Waals surface area (Å²) < 4.78 is 5.00. The molecule has 5 heteroatoms. The highest BCUT2D eigenvalue weighted by Crippen LogP contribution is 2.29. The lowest BCUT2D eigenvalue weighted by atomic mass is 10.1. The number of fused-ring (bicyclic) bond motifs is 1. The molecule has 0 saturated heterocycles. The molecule has 0 aliphatic carbocycles. The van der Waals surface area contributed by atoms with E-state index in [0.717, 1.165) is 5.39 Å². The van der Waals surface area contributed by atoms with Gasteiger partial charge in [-0.1, -0.05) is 11.6 Å². The minimum atomic E-state index is -1.05. The number of nitrogens with zero attached hydrogens (tertiary/aromatic N) is 1. The number of halogens is 1. The number of methoxy groups -OCH3 is 1. The Kier molecular flexibility index (Phi) is 2.66. The van der Waals surface area contributed by atoms with Crippen LogP contribution >= 0.6 is 11.6 Å². The van der Waals surface area contributed by atoms with Gasteiger partial charge in [0.2, 0.25) is 0 Å². The van der Waals surface area contributed by atoms with E-state index in [2.05, 4.69) is 4.98 Å². The van der Waals surface area contributed by atoms with Gasteiger partial charge in [-0.3, -0.25) is 4.98 Å². The minimum absolute atomic E-state index is 0.0862. The Morgan fingerprint density at radius 3 is 2.81 bits per heavy atom. The first-order chi connectivity index (χ1) is 7.63. The van der Waals surface area contributed by atoms with Crippen molar-refractivity contribution in [2.75, 3.05) is 7.11 Å². The first-order valence-electron chi connectivity index (χ1n) is 4.48. The third kappa shape index (κ3) is 1.67. The summed E-state index contributed by atoms with van der Waals surface area (Å²) in [6, 6.07) is 3.10. The fourth-order valence-electron chi connectivity index (χ4n) is 1.50. The molecular weight excluding hydrogens is 230 g/mol. The van der Waals surface area contributed by atoms with E-state index < -0.39 is 5.97 Å². The predicted octanol–water partition coefficient (Wildman–Crippen LogP) is 2.60. The van der Waals surface area contributed by atoms with Crippen LogP contribution in [0.5, 0.6) is 5.75 Å². The summed E-state index contributed by atoms with van der Waals surface area (Å²) >= 11 is 5.93. The summed E-state index contributed by atoms with van der Waals surface area (Å²) in [5.74, 6) is -0.754. The molecule has 1 aromatic carbocycles. The number of ether oxygens (including phenoxy) is 1. The molecule has 1 heterocycles. The van der Waals surface area contributed by atoms with Crippen molar-refractivity contribution < 1.29 is 14.6 Å². The molecule has 4 nitrogen and oxygen atoms in total. The van der Waals surface area contributed by atoms with Crippen LogP contribution in [0.4, 0.5) is 0 Å². The van der Waals surface area contributed by atoms with Crippen molar-refractivity contribution in [3.63, 3.8) is 0 Å². The van der Waals surface area contributed by atoms with Gasteiger partial charge >= 0.3 is 5.97 Å². The number of rotatable bonds is 2. The highest BCUT2D eigenvalue weighted by molar-refractivity contribution is 6.35. The summed E-state index contributed by atoms with van der Waals surface area (Å²) in [6.45, 7) is 0. The van der Waals surface area contributed by atoms with Crippen LogP contribution in [0.25, 0.3) is 10.8 Å². The lowest BCUT2D eigenvalue weighted by molar-refractivity contribution is 0.0693. The zero-order chi connectivity index (χ0) is 11.7. The Balaban J connectivity index is 2.81. The fourth-order valence-corrected chi connectivity index (χ4v) is 1.72. The zero-order valence-electron chi connectivity index (χ0n) is 8.40. The third-order valence-electron chi connectivity index (χ3n) is 2.26. The molecule has 0 unspecified atom stereocenters. The van der Waals surface area contributed by atoms with Crippen LogP contribution in [0.15, 0.2) is 24.5 Å². The molecule has 0 spiro atoms. The summed E-state index contributed by atoms with van der Waals surface area (Å²) in [4.78, 5) is 14.9. The lowest BCUT2D eigenvalue weighted by Crippen LogP contribution is -2.00. The SMILES string of the molecule is COc1cc2cncc(Cl)c2cc1C(=O)O. The van der Waals surface area contributed by atoms with E-state index in [4.69, 9.17) is 21.4 Å². The molecule has 16 heavy (non-hydrogen) atoms. The van der Waals surface area contributed by atoms with Crippen molar-refractivity contribution in [1.82, 2.24) is 4.98 Å². The van der Waals surface area contributed by atoms with E-state index in [1.807, 2.05) is 0 Å². The van der Waals surface area contributed by atoms with E-state index >= 15 is 0 Å². The number of carboxylic acid groups (broad SMARTS) is 1. The number of hydrogen-bond acceptors (Lipinski definition) is 3. The van der Waals surface area contributed by atoms with E-state index in [9.17, 15) is 4.79 Å². The zero-order valence-corrected chi connectivity index (χ0v) is 9.15. The second-order valence-corrected chi connectivity index (χ2v) is 3.61. The Bertz CT molecular complexity index is 568. The molecular formula is C11H8ClNO3. The predicted molar refractivity (Wildman–Crippen MR) is 60.3 cm³/mol. The fraction of sp³-hybridized carbons (Fsp3) is 0.0909. The highest BCUT2D eigenvalue weighted by Gasteiger charge is 2.13. The smallest absolute Gasteiger partial charge is 0.339 e. The second kappa shape index (κ2) is 3.98. The maximum Gasteiger partial charge on any atom is 0.339 e. The van der Waals surface area contributed by atoms with E-state index in [1.165, 1.54) is 19.4 Å². The third-order valence-corrected chi connectivity index (χ3v) is 2.56. The number of hydrogen-bond donors (Lipinski definition) is 1. The number of aromatic nitrogens is 1. The molecule has 0 fully saturated rings. The molecule has 0 aliphatic heterocycles. The first-order valence-corrected chi connectivity index (χ1v) is 4.86. The van der Waals surface area contributed by atoms with Crippen LogP contribution in [0.1, 0.15) is 10.4 Å². The van der Waals surface area contributed by atoms with Crippen molar-refractivity contribution in [3.8, 4) is 5.75 Å². The van der Waals surface area contributed by atoms with Crippen LogP contribution in [0.3, 0.4) is 0 Å². The van der Waals surface area contributed by atoms with Gasteiger partial charge in [-0.25, -0.2) is 4.79 Å². The lowest BCUT2D eigenvalue weighted by Gasteiger charge is -2.07. The average molecular weight is 238 g/mol. The van der Waals surface area contributed by atoms with Crippen LogP contribution in [0.2, 0.25) is 5.02 Å². The molecule has 2 rings (SSSR count). The molecule has 0 saturated carbocycles. The van der Waals surface area contributed by atoms with Crippen molar-refractivity contribution >= 4 is 28.3 Å². The van der Waals surface area contributed by atoms with Gasteiger partial charge in [0, 0.05) is 23.2 Å². The standard InChI is InChI=1S/C11H8ClNO3/c1-16-10-2-6-4-13-5-9(12)7(6)3-8(10)11(14)15/h2-5H,1H3,(H,14,15). The number of aromatic carboxylic acids is 1. The van der Waals surface area contributed by atoms with Crippen molar-refractivity contribution in [2.24, 2.45) is 0 Å². The summed E-state index contributed by atoms with van der Waals surface area (Å²) in [5, 5.41) is 10.8. The topological polar surface area (TPSA) is 59.4 Å². The van der Waals surface area contributed by atoms with Gasteiger partial charge in [0.25, 0.3) is 0 Å². The Labute approximate surface area is 96.4 Å². The van der Waals surface area contributed by atoms with Crippen LogP contribution in [-0.4, -0.2) is 23.2 Å². The summed E-state index contributed by atoms with van der Waals surface area (Å²) in [5.41, 5.74) is 0.0862. The molecule has 0 aliphatic rings. The maximum absolute atomic E-state index is 11.0. The van der Waals surface area contributed by atoms with E-state index in [1.54, 1.807) is 12.3 Å². The molecule has 1 N–H and O–H groups in total. The number of carboxylic acids is 1. The van der Waals surface area contributed by atoms with Crippen LogP contribution in [-0.2, 0) is 0 Å². The number of benzene rings is 1. The molecule has 1 aromatic heterocycles. The van der Waals surface area contributed by atoms with Gasteiger partial charge in [-0.05, 0) is 12.1 Å². The number of pyridine rings is 1. The summed E-state index contributed by atoms with van der Waals surface area (Å²) in [6.07, 6.45) is 3.08. The quantitative estimate of drug-likeness (QED) is 0.872. The highest BCUT2D eigenvalue weighted by atomic mass is 35.5. The Hall–Kier alpha value is -1.81. The monoisotopic (exact) mass is 237 g/mol. The van der Waals surface area contributed by atoms with Gasteiger partial charge < -0.3 is 9.84 Å². The molecule has 2 aromatic rings. The van der Waals surface area contributed by atoms with Gasteiger partial charge in [0.1, 0.15) is 11.3 Å². The van der Waals surface area contributed by atoms with Crippen LogP contribution in [0, 0.1) is 0 Å². The average Bonchev–Trinajstić information content (AvgIpc) is 2.27. The first kappa shape index (κ1) is 10.7. The second-order valence-electron chi connectivity index (χ2n) is 3.20. The largest absolute Gasteiger partial charge is 0.496 e. The molecule has 0 radical (unpaired) electrons. The van der Waals surface area contributed by atoms with Crippen molar-refractivity contribution in [1.29, 1.82) is 0 Å². The van der Waals surface area contributed by atoms with Crippen molar-refractivity contribution in [3.05, 3.63) is 35.1 Å². The maximum atomic E-state index is 11.0. The van der Waals surface area contributed by atoms with Gasteiger partial charge in [-0.2, -0.15) is 0 Å². The molecule has 0 atom stereocenters. The molecule has 82 valence electrons. The van der Waals surface area contributed by atoms with Gasteiger partial charge in [-0.15, -0.1) is 0 Å². The minimum Gasteiger partial charge on any atom is -0.496 e. The summed E-state index contributed by atoms with van der Waals surface area (Å²) in [7, 11) is 1.42. The normalized spacial score (nSPS) is 10.4. The van der Waals surface area contributed by atoms with Gasteiger partial charge in [0.15, 0.2) is 0 Å². The Morgan fingerprint density at radius 2 is 2.19 bits per heavy atom. The van der Waals surface area contributed by atoms with Crippen LogP contribution < -0.4 is 4.74 Å². The van der Waals surface area contributed by atoms with E-state index in [-0.39, 0.29) is 5.56 Å². The molecule has 0 bridgehead atoms. The molecule has 0 amide bonds. The van der Waals surface area contributed by atoms with Gasteiger partial charge in [0.05, 0.1) is 12.1 Å². The van der Waals surface area contributed by atoms with Crippen molar-refractivity contribution in [2.45, 2.75) is 0 Å².